The number of thiazole rings is 1. The first-order valence-corrected chi connectivity index (χ1v) is 7.59. The quantitative estimate of drug-likeness (QED) is 0.920. The fraction of sp³-hybridized carbons (Fsp3) is 0.400. The van der Waals surface area contributed by atoms with Crippen LogP contribution in [0.15, 0.2) is 29.8 Å². The van der Waals surface area contributed by atoms with Crippen LogP contribution in [0.25, 0.3) is 0 Å². The molecule has 0 radical (unpaired) electrons. The van der Waals surface area contributed by atoms with Gasteiger partial charge >= 0.3 is 0 Å². The van der Waals surface area contributed by atoms with Crippen LogP contribution >= 0.6 is 11.3 Å². The number of amides is 1. The highest BCUT2D eigenvalue weighted by Gasteiger charge is 2.13. The van der Waals surface area contributed by atoms with Crippen molar-refractivity contribution in [1.29, 1.82) is 0 Å². The Balaban J connectivity index is 1.92. The molecule has 1 amide bonds. The topological polar surface area (TPSA) is 54.9 Å². The maximum atomic E-state index is 12.0. The number of hydrogen-bond donors (Lipinski definition) is 1. The number of nitrogens with zero attached hydrogens (tertiary/aromatic N) is 2. The van der Waals surface area contributed by atoms with Crippen molar-refractivity contribution in [3.05, 3.63) is 46.2 Å². The molecule has 0 aliphatic rings. The third-order valence-corrected chi connectivity index (χ3v) is 4.11. The van der Waals surface area contributed by atoms with Crippen LogP contribution in [0, 0.1) is 0 Å². The van der Waals surface area contributed by atoms with E-state index >= 15 is 0 Å². The first-order valence-electron chi connectivity index (χ1n) is 6.71. The number of nitrogens with one attached hydrogen (secondary N) is 1. The lowest BCUT2D eigenvalue weighted by molar-refractivity contribution is -0.121. The first-order chi connectivity index (χ1) is 9.56. The summed E-state index contributed by atoms with van der Waals surface area (Å²) < 4.78 is 0. The Morgan fingerprint density at radius 3 is 2.75 bits per heavy atom. The monoisotopic (exact) mass is 289 g/mol. The summed E-state index contributed by atoms with van der Waals surface area (Å²) in [5.41, 5.74) is 1.70. The van der Waals surface area contributed by atoms with Crippen molar-refractivity contribution in [1.82, 2.24) is 15.3 Å². The second-order valence-corrected chi connectivity index (χ2v) is 5.94. The standard InChI is InChI=1S/C15H19N3OS/c1-10(2)15-18-12(9-20-15)8-14(19)17-11(3)13-6-4-5-7-16-13/h4-7,9-11H,8H2,1-3H3,(H,17,19)/t11-/m1/s1. The van der Waals surface area contributed by atoms with Gasteiger partial charge in [-0.25, -0.2) is 4.98 Å². The van der Waals surface area contributed by atoms with E-state index in [1.54, 1.807) is 17.5 Å². The summed E-state index contributed by atoms with van der Waals surface area (Å²) in [4.78, 5) is 20.7. The molecule has 0 aliphatic heterocycles. The summed E-state index contributed by atoms with van der Waals surface area (Å²) in [6.07, 6.45) is 2.05. The number of aromatic nitrogens is 2. The zero-order valence-corrected chi connectivity index (χ0v) is 12.8. The molecule has 4 nitrogen and oxygen atoms in total. The van der Waals surface area contributed by atoms with Crippen molar-refractivity contribution in [3.63, 3.8) is 0 Å². The highest BCUT2D eigenvalue weighted by atomic mass is 32.1. The molecule has 2 aromatic rings. The largest absolute Gasteiger partial charge is 0.348 e. The van der Waals surface area contributed by atoms with E-state index in [1.807, 2.05) is 30.5 Å². The summed E-state index contributed by atoms with van der Waals surface area (Å²) in [5.74, 6) is 0.382. The van der Waals surface area contributed by atoms with E-state index in [0.717, 1.165) is 16.4 Å². The highest BCUT2D eigenvalue weighted by Crippen LogP contribution is 2.19. The first kappa shape index (κ1) is 14.7. The van der Waals surface area contributed by atoms with E-state index in [-0.39, 0.29) is 11.9 Å². The van der Waals surface area contributed by atoms with Gasteiger partial charge in [-0.2, -0.15) is 0 Å². The molecular formula is C15H19N3OS. The molecule has 1 N–H and O–H groups in total. The molecule has 0 aliphatic carbocycles. The normalized spacial score (nSPS) is 12.4. The number of hydrogen-bond acceptors (Lipinski definition) is 4. The molecule has 2 aromatic heterocycles. The van der Waals surface area contributed by atoms with Crippen molar-refractivity contribution >= 4 is 17.2 Å². The molecule has 1 atom stereocenters. The average Bonchev–Trinajstić information content (AvgIpc) is 2.88. The van der Waals surface area contributed by atoms with Gasteiger partial charge in [-0.05, 0) is 19.1 Å². The molecule has 5 heteroatoms. The van der Waals surface area contributed by atoms with E-state index in [1.165, 1.54) is 0 Å². The van der Waals surface area contributed by atoms with Crippen molar-refractivity contribution in [2.75, 3.05) is 0 Å². The summed E-state index contributed by atoms with van der Waals surface area (Å²) in [6.45, 7) is 6.14. The smallest absolute Gasteiger partial charge is 0.226 e. The Kier molecular flexibility index (Phi) is 4.84. The molecule has 2 heterocycles. The van der Waals surface area contributed by atoms with Crippen LogP contribution < -0.4 is 5.32 Å². The molecular weight excluding hydrogens is 270 g/mol. The number of carbonyl (C=O) groups is 1. The Labute approximate surface area is 123 Å². The highest BCUT2D eigenvalue weighted by molar-refractivity contribution is 7.09. The third-order valence-electron chi connectivity index (χ3n) is 2.91. The average molecular weight is 289 g/mol. The minimum atomic E-state index is -0.0908. The number of rotatable bonds is 5. The molecule has 106 valence electrons. The zero-order valence-electron chi connectivity index (χ0n) is 12.0. The van der Waals surface area contributed by atoms with Crippen molar-refractivity contribution in [2.45, 2.75) is 39.2 Å². The van der Waals surface area contributed by atoms with Gasteiger partial charge in [0.25, 0.3) is 0 Å². The van der Waals surface area contributed by atoms with Gasteiger partial charge in [-0.3, -0.25) is 9.78 Å². The van der Waals surface area contributed by atoms with Gasteiger partial charge in [0.05, 0.1) is 28.9 Å². The van der Waals surface area contributed by atoms with E-state index in [4.69, 9.17) is 0 Å². The second-order valence-electron chi connectivity index (χ2n) is 5.05. The predicted octanol–water partition coefficient (Wildman–Crippen LogP) is 3.08. The van der Waals surface area contributed by atoms with E-state index in [9.17, 15) is 4.79 Å². The van der Waals surface area contributed by atoms with Crippen LogP contribution in [0.5, 0.6) is 0 Å². The summed E-state index contributed by atoms with van der Waals surface area (Å²) in [7, 11) is 0. The maximum absolute atomic E-state index is 12.0. The van der Waals surface area contributed by atoms with E-state index in [0.29, 0.717) is 12.3 Å². The summed E-state index contributed by atoms with van der Waals surface area (Å²) in [6, 6.07) is 5.60. The van der Waals surface area contributed by atoms with Crippen LogP contribution in [-0.2, 0) is 11.2 Å². The third kappa shape index (κ3) is 3.87. The SMILES string of the molecule is CC(C)c1nc(CC(=O)N[C@H](C)c2ccccn2)cs1. The molecule has 0 fully saturated rings. The van der Waals surface area contributed by atoms with E-state index in [2.05, 4.69) is 29.1 Å². The predicted molar refractivity (Wildman–Crippen MR) is 80.7 cm³/mol. The minimum absolute atomic E-state index is 0.0243. The Bertz CT molecular complexity index is 566. The lowest BCUT2D eigenvalue weighted by Crippen LogP contribution is -2.28. The fourth-order valence-electron chi connectivity index (χ4n) is 1.83. The molecule has 0 spiro atoms. The fourth-order valence-corrected chi connectivity index (χ4v) is 2.67. The molecule has 0 saturated heterocycles. The van der Waals surface area contributed by atoms with Gasteiger partial charge in [-0.1, -0.05) is 19.9 Å². The molecule has 0 aromatic carbocycles. The van der Waals surface area contributed by atoms with Crippen LogP contribution in [-0.4, -0.2) is 15.9 Å². The Morgan fingerprint density at radius 2 is 2.15 bits per heavy atom. The molecule has 0 unspecified atom stereocenters. The second kappa shape index (κ2) is 6.61. The van der Waals surface area contributed by atoms with Gasteiger partial charge in [-0.15, -0.1) is 11.3 Å². The maximum Gasteiger partial charge on any atom is 0.226 e. The number of carbonyl (C=O) groups excluding carboxylic acids is 1. The number of pyridine rings is 1. The van der Waals surface area contributed by atoms with Gasteiger partial charge < -0.3 is 5.32 Å². The van der Waals surface area contributed by atoms with Crippen LogP contribution in [0.3, 0.4) is 0 Å². The van der Waals surface area contributed by atoms with Crippen LogP contribution in [0.2, 0.25) is 0 Å². The van der Waals surface area contributed by atoms with Gasteiger partial charge in [0.15, 0.2) is 0 Å². The molecule has 0 bridgehead atoms. The zero-order chi connectivity index (χ0) is 14.5. The summed E-state index contributed by atoms with van der Waals surface area (Å²) >= 11 is 1.61. The van der Waals surface area contributed by atoms with Gasteiger partial charge in [0.2, 0.25) is 5.91 Å². The Hall–Kier alpha value is -1.75. The molecule has 2 rings (SSSR count). The van der Waals surface area contributed by atoms with Crippen molar-refractivity contribution < 1.29 is 4.79 Å². The van der Waals surface area contributed by atoms with Gasteiger partial charge in [0, 0.05) is 17.5 Å². The Morgan fingerprint density at radius 1 is 1.35 bits per heavy atom. The minimum Gasteiger partial charge on any atom is -0.348 e. The molecule has 0 saturated carbocycles. The van der Waals surface area contributed by atoms with Gasteiger partial charge in [0.1, 0.15) is 0 Å². The lowest BCUT2D eigenvalue weighted by atomic mass is 10.2. The van der Waals surface area contributed by atoms with E-state index < -0.39 is 0 Å². The van der Waals surface area contributed by atoms with Crippen LogP contribution in [0.4, 0.5) is 0 Å². The van der Waals surface area contributed by atoms with Crippen molar-refractivity contribution in [2.24, 2.45) is 0 Å². The summed E-state index contributed by atoms with van der Waals surface area (Å²) in [5, 5.41) is 5.98. The lowest BCUT2D eigenvalue weighted by Gasteiger charge is -2.12. The molecule has 20 heavy (non-hydrogen) atoms. The van der Waals surface area contributed by atoms with Crippen LogP contribution in [0.1, 0.15) is 49.1 Å². The van der Waals surface area contributed by atoms with Crippen molar-refractivity contribution in [3.8, 4) is 0 Å².